The van der Waals surface area contributed by atoms with Gasteiger partial charge in [-0.15, -0.1) is 0 Å². The average Bonchev–Trinajstić information content (AvgIpc) is 3.37. The molecule has 3 amide bonds. The molecule has 3 heterocycles. The molecule has 170 valence electrons. The average molecular weight is 438 g/mol. The van der Waals surface area contributed by atoms with E-state index in [0.29, 0.717) is 26.0 Å². The van der Waals surface area contributed by atoms with E-state index < -0.39 is 5.54 Å². The summed E-state index contributed by atoms with van der Waals surface area (Å²) >= 11 is 0. The van der Waals surface area contributed by atoms with Crippen LogP contribution in [-0.4, -0.2) is 72.1 Å². The number of piperidine rings is 1. The van der Waals surface area contributed by atoms with Gasteiger partial charge in [0.2, 0.25) is 0 Å². The predicted octanol–water partition coefficient (Wildman–Crippen LogP) is 3.63. The van der Waals surface area contributed by atoms with E-state index in [2.05, 4.69) is 11.8 Å². The molecule has 0 atom stereocenters. The van der Waals surface area contributed by atoms with Crippen LogP contribution in [0.4, 0.5) is 4.79 Å². The Kier molecular flexibility index (Phi) is 6.77. The predicted molar refractivity (Wildman–Crippen MR) is 122 cm³/mol. The number of carbonyl (C=O) groups is 2. The first kappa shape index (κ1) is 22.3. The molecule has 0 radical (unpaired) electrons. The minimum Gasteiger partial charge on any atom is -0.465 e. The standard InChI is InChI=1S/C25H31N3O4/c1-20(17-22-9-6-15-32-22)18-26-12-10-25(11-13-26)23(29)27(14-16-31-2)24(30)28(25)19-21-7-4-3-5-8-21/h3-9,15,17H,10-14,16,18-19H2,1-2H3/b20-17+. The van der Waals surface area contributed by atoms with E-state index in [0.717, 1.165) is 31.0 Å². The van der Waals surface area contributed by atoms with Crippen molar-refractivity contribution in [2.24, 2.45) is 0 Å². The van der Waals surface area contributed by atoms with Gasteiger partial charge < -0.3 is 14.1 Å². The smallest absolute Gasteiger partial charge is 0.328 e. The van der Waals surface area contributed by atoms with Crippen molar-refractivity contribution < 1.29 is 18.7 Å². The van der Waals surface area contributed by atoms with E-state index in [-0.39, 0.29) is 18.5 Å². The SMILES string of the molecule is COCCN1C(=O)N(Cc2ccccc2)C2(CCN(C/C(C)=C/c3ccco3)CC2)C1=O. The number of amides is 3. The lowest BCUT2D eigenvalue weighted by molar-refractivity contribution is -0.136. The van der Waals surface area contributed by atoms with Crippen molar-refractivity contribution in [3.05, 3.63) is 65.6 Å². The number of nitrogens with zero attached hydrogens (tertiary/aromatic N) is 3. The molecule has 1 aromatic carbocycles. The van der Waals surface area contributed by atoms with Crippen molar-refractivity contribution in [1.82, 2.24) is 14.7 Å². The van der Waals surface area contributed by atoms with E-state index in [9.17, 15) is 9.59 Å². The summed E-state index contributed by atoms with van der Waals surface area (Å²) in [6.45, 7) is 5.48. The van der Waals surface area contributed by atoms with Crippen LogP contribution in [0, 0.1) is 0 Å². The Bertz CT molecular complexity index is 947. The van der Waals surface area contributed by atoms with Gasteiger partial charge in [-0.25, -0.2) is 4.79 Å². The van der Waals surface area contributed by atoms with Gasteiger partial charge in [-0.05, 0) is 43.5 Å². The second-order valence-corrected chi connectivity index (χ2v) is 8.62. The number of likely N-dealkylation sites (tertiary alicyclic amines) is 1. The maximum atomic E-state index is 13.5. The largest absolute Gasteiger partial charge is 0.465 e. The van der Waals surface area contributed by atoms with Crippen LogP contribution in [0.2, 0.25) is 0 Å². The molecule has 2 aliphatic rings. The summed E-state index contributed by atoms with van der Waals surface area (Å²) in [7, 11) is 1.58. The fraction of sp³-hybridized carbons (Fsp3) is 0.440. The van der Waals surface area contributed by atoms with Crippen molar-refractivity contribution in [3.8, 4) is 0 Å². The number of hydrogen-bond donors (Lipinski definition) is 0. The van der Waals surface area contributed by atoms with Crippen LogP contribution in [0.25, 0.3) is 6.08 Å². The number of imide groups is 1. The minimum atomic E-state index is -0.782. The lowest BCUT2D eigenvalue weighted by Gasteiger charge is -2.42. The van der Waals surface area contributed by atoms with Gasteiger partial charge in [-0.3, -0.25) is 14.6 Å². The first-order valence-electron chi connectivity index (χ1n) is 11.1. The number of methoxy groups -OCH3 is 1. The number of urea groups is 1. The quantitative estimate of drug-likeness (QED) is 0.590. The highest BCUT2D eigenvalue weighted by molar-refractivity contribution is 6.07. The van der Waals surface area contributed by atoms with Crippen LogP contribution >= 0.6 is 0 Å². The maximum Gasteiger partial charge on any atom is 0.328 e. The van der Waals surface area contributed by atoms with Crippen LogP contribution < -0.4 is 0 Å². The Labute approximate surface area is 189 Å². The van der Waals surface area contributed by atoms with Crippen molar-refractivity contribution in [3.63, 3.8) is 0 Å². The summed E-state index contributed by atoms with van der Waals surface area (Å²) in [5.41, 5.74) is 1.45. The molecule has 0 saturated carbocycles. The number of carbonyl (C=O) groups excluding carboxylic acids is 2. The second-order valence-electron chi connectivity index (χ2n) is 8.62. The Morgan fingerprint density at radius 2 is 1.88 bits per heavy atom. The van der Waals surface area contributed by atoms with Crippen molar-refractivity contribution in [2.45, 2.75) is 31.8 Å². The summed E-state index contributed by atoms with van der Waals surface area (Å²) in [5, 5.41) is 0. The Hall–Kier alpha value is -2.90. The fourth-order valence-electron chi connectivity index (χ4n) is 4.73. The molecular weight excluding hydrogens is 406 g/mol. The molecule has 0 bridgehead atoms. The van der Waals surface area contributed by atoms with E-state index in [1.54, 1.807) is 18.3 Å². The number of ether oxygens (including phenoxy) is 1. The third kappa shape index (κ3) is 4.49. The summed E-state index contributed by atoms with van der Waals surface area (Å²) in [5.74, 6) is 0.758. The van der Waals surface area contributed by atoms with Crippen LogP contribution in [0.3, 0.4) is 0 Å². The summed E-state index contributed by atoms with van der Waals surface area (Å²) in [6.07, 6.45) is 4.97. The van der Waals surface area contributed by atoms with Gasteiger partial charge in [0.05, 0.1) is 19.4 Å². The topological polar surface area (TPSA) is 66.2 Å². The van der Waals surface area contributed by atoms with Crippen molar-refractivity contribution in [2.75, 3.05) is 39.9 Å². The van der Waals surface area contributed by atoms with Crippen LogP contribution in [0.1, 0.15) is 31.1 Å². The third-order valence-corrected chi connectivity index (χ3v) is 6.41. The zero-order valence-corrected chi connectivity index (χ0v) is 18.8. The van der Waals surface area contributed by atoms with Crippen molar-refractivity contribution in [1.29, 1.82) is 0 Å². The molecule has 2 fully saturated rings. The van der Waals surface area contributed by atoms with Crippen LogP contribution in [0.5, 0.6) is 0 Å². The molecule has 7 nitrogen and oxygen atoms in total. The monoisotopic (exact) mass is 437 g/mol. The Morgan fingerprint density at radius 1 is 1.12 bits per heavy atom. The molecule has 2 aliphatic heterocycles. The first-order chi connectivity index (χ1) is 15.5. The number of furan rings is 1. The van der Waals surface area contributed by atoms with Gasteiger partial charge in [0, 0.05) is 33.3 Å². The Morgan fingerprint density at radius 3 is 2.53 bits per heavy atom. The molecule has 0 N–H and O–H groups in total. The van der Waals surface area contributed by atoms with E-state index >= 15 is 0 Å². The van der Waals surface area contributed by atoms with Crippen molar-refractivity contribution >= 4 is 18.0 Å². The normalized spacial score (nSPS) is 19.4. The maximum absolute atomic E-state index is 13.5. The summed E-state index contributed by atoms with van der Waals surface area (Å²) in [4.78, 5) is 32.3. The molecule has 2 saturated heterocycles. The molecule has 0 unspecified atom stereocenters. The molecule has 2 aromatic rings. The molecule has 4 rings (SSSR count). The lowest BCUT2D eigenvalue weighted by Crippen LogP contribution is -2.56. The zero-order chi connectivity index (χ0) is 22.6. The molecule has 7 heteroatoms. The highest BCUT2D eigenvalue weighted by Gasteiger charge is 2.57. The first-order valence-corrected chi connectivity index (χ1v) is 11.1. The van der Waals surface area contributed by atoms with Crippen LogP contribution in [-0.2, 0) is 16.1 Å². The van der Waals surface area contributed by atoms with Gasteiger partial charge in [0.15, 0.2) is 0 Å². The van der Waals surface area contributed by atoms with Crippen LogP contribution in [0.15, 0.2) is 58.7 Å². The molecule has 32 heavy (non-hydrogen) atoms. The summed E-state index contributed by atoms with van der Waals surface area (Å²) < 4.78 is 10.6. The number of rotatable bonds is 8. The van der Waals surface area contributed by atoms with Gasteiger partial charge >= 0.3 is 6.03 Å². The van der Waals surface area contributed by atoms with Gasteiger partial charge in [-0.2, -0.15) is 0 Å². The second kappa shape index (κ2) is 9.71. The Balaban J connectivity index is 1.49. The van der Waals surface area contributed by atoms with E-state index in [1.165, 1.54) is 10.5 Å². The minimum absolute atomic E-state index is 0.0852. The molecule has 0 aliphatic carbocycles. The zero-order valence-electron chi connectivity index (χ0n) is 18.8. The molecule has 1 spiro atoms. The van der Waals surface area contributed by atoms with Gasteiger partial charge in [0.1, 0.15) is 11.3 Å². The molecular formula is C25H31N3O4. The number of hydrogen-bond acceptors (Lipinski definition) is 5. The van der Waals surface area contributed by atoms with E-state index in [4.69, 9.17) is 9.15 Å². The fourth-order valence-corrected chi connectivity index (χ4v) is 4.73. The highest BCUT2D eigenvalue weighted by atomic mass is 16.5. The lowest BCUT2D eigenvalue weighted by atomic mass is 9.85. The highest BCUT2D eigenvalue weighted by Crippen LogP contribution is 2.38. The molecule has 1 aromatic heterocycles. The van der Waals surface area contributed by atoms with E-state index in [1.807, 2.05) is 48.5 Å². The van der Waals surface area contributed by atoms with Gasteiger partial charge in [-0.1, -0.05) is 35.9 Å². The third-order valence-electron chi connectivity index (χ3n) is 6.41. The van der Waals surface area contributed by atoms with Gasteiger partial charge in [0.25, 0.3) is 5.91 Å². The number of benzene rings is 1. The summed E-state index contributed by atoms with van der Waals surface area (Å²) in [6, 6.07) is 13.5.